The molecule has 1 N–H and O–H groups in total. The Morgan fingerprint density at radius 2 is 1.85 bits per heavy atom. The van der Waals surface area contributed by atoms with Crippen molar-refractivity contribution in [1.29, 1.82) is 0 Å². The van der Waals surface area contributed by atoms with Crippen LogP contribution in [-0.2, 0) is 14.3 Å². The first-order valence-electron chi connectivity index (χ1n) is 6.91. The van der Waals surface area contributed by atoms with Crippen LogP contribution < -0.4 is 5.32 Å². The predicted molar refractivity (Wildman–Crippen MR) is 77.1 cm³/mol. The smallest absolute Gasteiger partial charge is 0.337 e. The van der Waals surface area contributed by atoms with Gasteiger partial charge in [0.25, 0.3) is 0 Å². The van der Waals surface area contributed by atoms with Crippen LogP contribution >= 0.6 is 0 Å². The second-order valence-electron chi connectivity index (χ2n) is 6.61. The van der Waals surface area contributed by atoms with E-state index in [1.807, 2.05) is 65.0 Å². The molecule has 1 aromatic carbocycles. The zero-order valence-corrected chi connectivity index (χ0v) is 12.8. The minimum atomic E-state index is -0.633. The Hall–Kier alpha value is -1.39. The number of hydrogen-bond donors (Lipinski definition) is 1. The van der Waals surface area contributed by atoms with E-state index in [0.717, 1.165) is 5.56 Å². The van der Waals surface area contributed by atoms with Crippen molar-refractivity contribution >= 4 is 5.97 Å². The zero-order valence-electron chi connectivity index (χ0n) is 12.8. The molecule has 0 aliphatic carbocycles. The highest BCUT2D eigenvalue weighted by molar-refractivity contribution is 5.77. The third kappa shape index (κ3) is 3.58. The molecule has 1 aromatic rings. The van der Waals surface area contributed by atoms with Crippen LogP contribution in [0.1, 0.15) is 46.2 Å². The molecule has 1 fully saturated rings. The minimum absolute atomic E-state index is 0.193. The molecule has 0 bridgehead atoms. The van der Waals surface area contributed by atoms with Crippen molar-refractivity contribution < 1.29 is 14.3 Å². The maximum absolute atomic E-state index is 12.3. The number of ether oxygens (including phenoxy) is 2. The number of carbonyl (C=O) groups is 1. The van der Waals surface area contributed by atoms with Crippen LogP contribution in [0.2, 0.25) is 0 Å². The highest BCUT2D eigenvalue weighted by atomic mass is 16.6. The Morgan fingerprint density at radius 3 is 2.40 bits per heavy atom. The summed E-state index contributed by atoms with van der Waals surface area (Å²) in [5, 5.41) is 3.34. The van der Waals surface area contributed by atoms with Gasteiger partial charge >= 0.3 is 5.97 Å². The van der Waals surface area contributed by atoms with Gasteiger partial charge in [-0.2, -0.15) is 0 Å². The summed E-state index contributed by atoms with van der Waals surface area (Å²) in [5.74, 6) is -0.329. The monoisotopic (exact) mass is 277 g/mol. The molecule has 1 heterocycles. The number of carbonyl (C=O) groups excluding carboxylic acids is 1. The second kappa shape index (κ2) is 5.19. The van der Waals surface area contributed by atoms with Gasteiger partial charge in [-0.25, -0.2) is 4.79 Å². The molecule has 1 aliphatic heterocycles. The minimum Gasteiger partial charge on any atom is -0.458 e. The van der Waals surface area contributed by atoms with Gasteiger partial charge in [0, 0.05) is 0 Å². The molecule has 0 saturated carbocycles. The van der Waals surface area contributed by atoms with E-state index < -0.39 is 17.4 Å². The van der Waals surface area contributed by atoms with E-state index in [1.54, 1.807) is 0 Å². The van der Waals surface area contributed by atoms with E-state index >= 15 is 0 Å². The quantitative estimate of drug-likeness (QED) is 0.844. The van der Waals surface area contributed by atoms with Crippen molar-refractivity contribution in [2.75, 3.05) is 0 Å². The Kier molecular flexibility index (Phi) is 3.89. The molecule has 0 unspecified atom stereocenters. The first kappa shape index (κ1) is 15.0. The number of hydrogen-bond acceptors (Lipinski definition) is 4. The van der Waals surface area contributed by atoms with Gasteiger partial charge in [0.05, 0.1) is 6.04 Å². The number of nitrogens with one attached hydrogen (secondary N) is 1. The second-order valence-corrected chi connectivity index (χ2v) is 6.61. The van der Waals surface area contributed by atoms with Crippen LogP contribution in [-0.4, -0.2) is 23.4 Å². The molecule has 0 aromatic heterocycles. The van der Waals surface area contributed by atoms with E-state index in [9.17, 15) is 4.79 Å². The number of rotatable bonds is 2. The van der Waals surface area contributed by atoms with Gasteiger partial charge < -0.3 is 9.47 Å². The van der Waals surface area contributed by atoms with Crippen LogP contribution in [0.15, 0.2) is 30.3 Å². The molecule has 20 heavy (non-hydrogen) atoms. The van der Waals surface area contributed by atoms with Crippen molar-refractivity contribution in [1.82, 2.24) is 5.32 Å². The first-order valence-corrected chi connectivity index (χ1v) is 6.91. The summed E-state index contributed by atoms with van der Waals surface area (Å²) >= 11 is 0. The van der Waals surface area contributed by atoms with E-state index in [0.29, 0.717) is 0 Å². The summed E-state index contributed by atoms with van der Waals surface area (Å²) in [6.07, 6.45) is -0.633. The number of esters is 1. The molecule has 110 valence electrons. The van der Waals surface area contributed by atoms with Gasteiger partial charge in [0.15, 0.2) is 6.10 Å². The summed E-state index contributed by atoms with van der Waals surface area (Å²) < 4.78 is 11.3. The van der Waals surface area contributed by atoms with Crippen LogP contribution in [0.4, 0.5) is 0 Å². The highest BCUT2D eigenvalue weighted by Crippen LogP contribution is 2.33. The lowest BCUT2D eigenvalue weighted by Crippen LogP contribution is -2.36. The third-order valence-corrected chi connectivity index (χ3v) is 3.03. The summed E-state index contributed by atoms with van der Waals surface area (Å²) in [7, 11) is 0. The molecule has 1 saturated heterocycles. The van der Waals surface area contributed by atoms with Crippen LogP contribution in [0.3, 0.4) is 0 Å². The van der Waals surface area contributed by atoms with Gasteiger partial charge in [0.1, 0.15) is 11.3 Å². The van der Waals surface area contributed by atoms with E-state index in [-0.39, 0.29) is 12.0 Å². The fraction of sp³-hybridized carbons (Fsp3) is 0.562. The summed E-state index contributed by atoms with van der Waals surface area (Å²) in [4.78, 5) is 12.3. The van der Waals surface area contributed by atoms with Gasteiger partial charge in [-0.3, -0.25) is 5.32 Å². The van der Waals surface area contributed by atoms with Crippen molar-refractivity contribution in [2.45, 2.75) is 58.1 Å². The third-order valence-electron chi connectivity index (χ3n) is 3.03. The standard InChI is InChI=1S/C16H23NO3/c1-15(2,3)20-14(18)13-12(17-16(4,5)19-13)11-9-7-6-8-10-11/h6-10,12-13,17H,1-5H3/t12-,13+/m0/s1. The maximum Gasteiger partial charge on any atom is 0.337 e. The Bertz CT molecular complexity index is 476. The molecule has 1 aliphatic rings. The van der Waals surface area contributed by atoms with Gasteiger partial charge in [-0.15, -0.1) is 0 Å². The largest absolute Gasteiger partial charge is 0.458 e. The Morgan fingerprint density at radius 1 is 1.25 bits per heavy atom. The molecular formula is C16H23NO3. The van der Waals surface area contributed by atoms with Crippen LogP contribution in [0, 0.1) is 0 Å². The van der Waals surface area contributed by atoms with E-state index in [4.69, 9.17) is 9.47 Å². The zero-order chi connectivity index (χ0) is 15.0. The normalized spacial score (nSPS) is 25.4. The first-order chi connectivity index (χ1) is 9.18. The molecule has 0 spiro atoms. The van der Waals surface area contributed by atoms with Gasteiger partial charge in [0.2, 0.25) is 0 Å². The van der Waals surface area contributed by atoms with Crippen molar-refractivity contribution in [2.24, 2.45) is 0 Å². The fourth-order valence-corrected chi connectivity index (χ4v) is 2.33. The molecule has 2 rings (SSSR count). The summed E-state index contributed by atoms with van der Waals surface area (Å²) in [5.41, 5.74) is -0.0508. The van der Waals surface area contributed by atoms with Gasteiger partial charge in [-0.05, 0) is 40.2 Å². The summed E-state index contributed by atoms with van der Waals surface area (Å²) in [6, 6.07) is 9.64. The lowest BCUT2D eigenvalue weighted by atomic mass is 10.0. The molecule has 0 amide bonds. The van der Waals surface area contributed by atoms with Crippen LogP contribution in [0.25, 0.3) is 0 Å². The van der Waals surface area contributed by atoms with Crippen molar-refractivity contribution in [3.63, 3.8) is 0 Å². The van der Waals surface area contributed by atoms with E-state index in [1.165, 1.54) is 0 Å². The topological polar surface area (TPSA) is 47.6 Å². The molecule has 4 heteroatoms. The molecule has 2 atom stereocenters. The van der Waals surface area contributed by atoms with Crippen molar-refractivity contribution in [3.05, 3.63) is 35.9 Å². The predicted octanol–water partition coefficient (Wildman–Crippen LogP) is 2.79. The average molecular weight is 277 g/mol. The summed E-state index contributed by atoms with van der Waals surface area (Å²) in [6.45, 7) is 9.39. The van der Waals surface area contributed by atoms with Gasteiger partial charge in [-0.1, -0.05) is 30.3 Å². The van der Waals surface area contributed by atoms with Crippen molar-refractivity contribution in [3.8, 4) is 0 Å². The molecule has 0 radical (unpaired) electrons. The maximum atomic E-state index is 12.3. The SMILES string of the molecule is CC(C)(C)OC(=O)[C@@H]1OC(C)(C)N[C@H]1c1ccccc1. The Labute approximate surface area is 120 Å². The van der Waals surface area contributed by atoms with E-state index in [2.05, 4.69) is 5.32 Å². The fourth-order valence-electron chi connectivity index (χ4n) is 2.33. The van der Waals surface area contributed by atoms with Crippen LogP contribution in [0.5, 0.6) is 0 Å². The highest BCUT2D eigenvalue weighted by Gasteiger charge is 2.45. The number of benzene rings is 1. The lowest BCUT2D eigenvalue weighted by molar-refractivity contribution is -0.171. The molecule has 4 nitrogen and oxygen atoms in total. The average Bonchev–Trinajstić information content (AvgIpc) is 2.65. The lowest BCUT2D eigenvalue weighted by Gasteiger charge is -2.24. The Balaban J connectivity index is 2.23. The molecular weight excluding hydrogens is 254 g/mol.